The van der Waals surface area contributed by atoms with Crippen LogP contribution in [0.1, 0.15) is 19.4 Å². The number of rotatable bonds is 6. The number of anilines is 2. The van der Waals surface area contributed by atoms with Gasteiger partial charge in [0.2, 0.25) is 0 Å². The first kappa shape index (κ1) is 16.9. The maximum Gasteiger partial charge on any atom is 0.321 e. The normalized spacial score (nSPS) is 10.2. The number of carbonyl (C=O) groups excluding carboxylic acids is 1. The minimum absolute atomic E-state index is 0.0552. The minimum Gasteiger partial charge on any atom is -0.370 e. The highest BCUT2D eigenvalue weighted by molar-refractivity contribution is 5.89. The Bertz CT molecular complexity index is 606. The van der Waals surface area contributed by atoms with Crippen molar-refractivity contribution < 1.29 is 4.79 Å². The van der Waals surface area contributed by atoms with Crippen molar-refractivity contribution in [1.29, 1.82) is 0 Å². The predicted molar refractivity (Wildman–Crippen MR) is 96.9 cm³/mol. The highest BCUT2D eigenvalue weighted by Gasteiger charge is 2.09. The summed E-state index contributed by atoms with van der Waals surface area (Å²) in [6.45, 7) is 6.22. The summed E-state index contributed by atoms with van der Waals surface area (Å²) >= 11 is 0. The van der Waals surface area contributed by atoms with Crippen LogP contribution in [-0.2, 0) is 6.54 Å². The summed E-state index contributed by atoms with van der Waals surface area (Å²) in [5, 5.41) is 2.93. The topological polar surface area (TPSA) is 35.6 Å². The van der Waals surface area contributed by atoms with E-state index < -0.39 is 0 Å². The Morgan fingerprint density at radius 1 is 0.957 bits per heavy atom. The molecule has 0 saturated heterocycles. The van der Waals surface area contributed by atoms with Gasteiger partial charge in [-0.15, -0.1) is 0 Å². The summed E-state index contributed by atoms with van der Waals surface area (Å²) < 4.78 is 0. The smallest absolute Gasteiger partial charge is 0.321 e. The van der Waals surface area contributed by atoms with Crippen LogP contribution in [0.3, 0.4) is 0 Å². The molecule has 0 heterocycles. The SMILES string of the molecule is CCN(CC)C(=O)Nc1ccc(N(C)Cc2ccccc2)cc1. The van der Waals surface area contributed by atoms with Gasteiger partial charge in [-0.05, 0) is 43.7 Å². The standard InChI is InChI=1S/C19H25N3O/c1-4-22(5-2)19(23)20-17-11-13-18(14-12-17)21(3)15-16-9-7-6-8-10-16/h6-14H,4-5,15H2,1-3H3,(H,20,23). The van der Waals surface area contributed by atoms with E-state index in [0.717, 1.165) is 17.9 Å². The van der Waals surface area contributed by atoms with Gasteiger partial charge in [-0.1, -0.05) is 30.3 Å². The van der Waals surface area contributed by atoms with E-state index >= 15 is 0 Å². The fourth-order valence-electron chi connectivity index (χ4n) is 2.46. The Kier molecular flexibility index (Phi) is 6.03. The molecule has 0 saturated carbocycles. The molecule has 0 bridgehead atoms. The van der Waals surface area contributed by atoms with Crippen LogP contribution in [0.5, 0.6) is 0 Å². The lowest BCUT2D eigenvalue weighted by Gasteiger charge is -2.21. The average molecular weight is 311 g/mol. The Hall–Kier alpha value is -2.49. The fraction of sp³-hybridized carbons (Fsp3) is 0.316. The molecular weight excluding hydrogens is 286 g/mol. The van der Waals surface area contributed by atoms with Gasteiger partial charge in [0, 0.05) is 38.1 Å². The first-order chi connectivity index (χ1) is 11.1. The molecule has 2 aromatic rings. The van der Waals surface area contributed by atoms with E-state index in [4.69, 9.17) is 0 Å². The van der Waals surface area contributed by atoms with Crippen molar-refractivity contribution in [3.63, 3.8) is 0 Å². The van der Waals surface area contributed by atoms with Crippen LogP contribution in [-0.4, -0.2) is 31.1 Å². The van der Waals surface area contributed by atoms with Crippen molar-refractivity contribution >= 4 is 17.4 Å². The first-order valence-electron chi connectivity index (χ1n) is 8.05. The lowest BCUT2D eigenvalue weighted by atomic mass is 10.2. The van der Waals surface area contributed by atoms with Crippen LogP contribution in [0.15, 0.2) is 54.6 Å². The van der Waals surface area contributed by atoms with Gasteiger partial charge in [0.05, 0.1) is 0 Å². The second kappa shape index (κ2) is 8.22. The van der Waals surface area contributed by atoms with Crippen molar-refractivity contribution in [2.75, 3.05) is 30.4 Å². The predicted octanol–water partition coefficient (Wildman–Crippen LogP) is 4.20. The van der Waals surface area contributed by atoms with Crippen molar-refractivity contribution in [2.45, 2.75) is 20.4 Å². The fourth-order valence-corrected chi connectivity index (χ4v) is 2.46. The number of benzene rings is 2. The van der Waals surface area contributed by atoms with Gasteiger partial charge < -0.3 is 15.1 Å². The third-order valence-electron chi connectivity index (χ3n) is 3.87. The van der Waals surface area contributed by atoms with Crippen LogP contribution in [0.2, 0.25) is 0 Å². The number of nitrogens with one attached hydrogen (secondary N) is 1. The van der Waals surface area contributed by atoms with Crippen LogP contribution < -0.4 is 10.2 Å². The number of carbonyl (C=O) groups is 1. The van der Waals surface area contributed by atoms with Gasteiger partial charge >= 0.3 is 6.03 Å². The molecule has 0 atom stereocenters. The molecule has 0 spiro atoms. The highest BCUT2D eigenvalue weighted by Crippen LogP contribution is 2.19. The van der Waals surface area contributed by atoms with Crippen molar-refractivity contribution in [3.8, 4) is 0 Å². The third kappa shape index (κ3) is 4.74. The zero-order valence-corrected chi connectivity index (χ0v) is 14.1. The number of hydrogen-bond donors (Lipinski definition) is 1. The van der Waals surface area contributed by atoms with E-state index in [9.17, 15) is 4.79 Å². The van der Waals surface area contributed by atoms with Gasteiger partial charge in [-0.3, -0.25) is 0 Å². The van der Waals surface area contributed by atoms with Crippen LogP contribution in [0.25, 0.3) is 0 Å². The van der Waals surface area contributed by atoms with Gasteiger partial charge in [0.15, 0.2) is 0 Å². The van der Waals surface area contributed by atoms with E-state index in [0.29, 0.717) is 13.1 Å². The van der Waals surface area contributed by atoms with Crippen molar-refractivity contribution in [3.05, 3.63) is 60.2 Å². The molecule has 0 aliphatic rings. The van der Waals surface area contributed by atoms with Crippen molar-refractivity contribution in [2.24, 2.45) is 0 Å². The third-order valence-corrected chi connectivity index (χ3v) is 3.87. The van der Waals surface area contributed by atoms with Crippen molar-refractivity contribution in [1.82, 2.24) is 4.90 Å². The second-order valence-corrected chi connectivity index (χ2v) is 5.49. The van der Waals surface area contributed by atoms with E-state index in [1.54, 1.807) is 4.90 Å². The second-order valence-electron chi connectivity index (χ2n) is 5.49. The van der Waals surface area contributed by atoms with Crippen LogP contribution in [0.4, 0.5) is 16.2 Å². The molecule has 0 unspecified atom stereocenters. The molecule has 0 fully saturated rings. The number of hydrogen-bond acceptors (Lipinski definition) is 2. The zero-order chi connectivity index (χ0) is 16.7. The Morgan fingerprint density at radius 2 is 1.57 bits per heavy atom. The molecule has 0 aromatic heterocycles. The maximum atomic E-state index is 12.0. The van der Waals surface area contributed by atoms with Gasteiger partial charge in [-0.25, -0.2) is 4.79 Å². The molecule has 2 rings (SSSR count). The zero-order valence-electron chi connectivity index (χ0n) is 14.1. The molecule has 0 aliphatic heterocycles. The Morgan fingerprint density at radius 3 is 2.13 bits per heavy atom. The molecule has 122 valence electrons. The molecule has 2 amide bonds. The number of urea groups is 1. The number of nitrogens with zero attached hydrogens (tertiary/aromatic N) is 2. The van der Waals surface area contributed by atoms with E-state index in [1.807, 2.05) is 44.2 Å². The summed E-state index contributed by atoms with van der Waals surface area (Å²) in [6, 6.07) is 18.3. The van der Waals surface area contributed by atoms with Crippen LogP contribution in [0, 0.1) is 0 Å². The molecule has 4 nitrogen and oxygen atoms in total. The molecule has 4 heteroatoms. The van der Waals surface area contributed by atoms with Crippen LogP contribution >= 0.6 is 0 Å². The summed E-state index contributed by atoms with van der Waals surface area (Å²) in [7, 11) is 2.07. The first-order valence-corrected chi connectivity index (χ1v) is 8.05. The highest BCUT2D eigenvalue weighted by atomic mass is 16.2. The van der Waals surface area contributed by atoms with Gasteiger partial charge in [0.1, 0.15) is 0 Å². The van der Waals surface area contributed by atoms with Gasteiger partial charge in [0.25, 0.3) is 0 Å². The molecule has 0 aliphatic carbocycles. The largest absolute Gasteiger partial charge is 0.370 e. The van der Waals surface area contributed by atoms with Gasteiger partial charge in [-0.2, -0.15) is 0 Å². The molecular formula is C19H25N3O. The summed E-state index contributed by atoms with van der Waals surface area (Å²) in [4.78, 5) is 16.0. The lowest BCUT2D eigenvalue weighted by molar-refractivity contribution is 0.217. The van der Waals surface area contributed by atoms with E-state index in [2.05, 4.69) is 41.5 Å². The molecule has 0 radical (unpaired) electrons. The summed E-state index contributed by atoms with van der Waals surface area (Å²) in [5.74, 6) is 0. The Labute approximate surface area is 138 Å². The summed E-state index contributed by atoms with van der Waals surface area (Å²) in [5.41, 5.74) is 3.21. The monoisotopic (exact) mass is 311 g/mol. The maximum absolute atomic E-state index is 12.0. The quantitative estimate of drug-likeness (QED) is 0.868. The van der Waals surface area contributed by atoms with E-state index in [1.165, 1.54) is 5.56 Å². The molecule has 1 N–H and O–H groups in total. The number of amides is 2. The lowest BCUT2D eigenvalue weighted by Crippen LogP contribution is -2.34. The summed E-state index contributed by atoms with van der Waals surface area (Å²) in [6.07, 6.45) is 0. The molecule has 23 heavy (non-hydrogen) atoms. The average Bonchev–Trinajstić information content (AvgIpc) is 2.57. The molecule has 2 aromatic carbocycles. The minimum atomic E-state index is -0.0552. The van der Waals surface area contributed by atoms with E-state index in [-0.39, 0.29) is 6.03 Å². The Balaban J connectivity index is 1.97.